The smallest absolute Gasteiger partial charge is 0.161 e. The van der Waals surface area contributed by atoms with Crippen molar-refractivity contribution in [3.05, 3.63) is 53.6 Å². The zero-order chi connectivity index (χ0) is 13.7. The largest absolute Gasteiger partial charge is 0.508 e. The molecule has 2 aromatic carbocycles. The highest BCUT2D eigenvalue weighted by Gasteiger charge is 2.02. The van der Waals surface area contributed by atoms with Crippen LogP contribution in [0.15, 0.2) is 42.5 Å². The normalized spacial score (nSPS) is 9.37. The summed E-state index contributed by atoms with van der Waals surface area (Å²) < 4.78 is 10.4. The van der Waals surface area contributed by atoms with E-state index in [1.807, 2.05) is 18.2 Å². The van der Waals surface area contributed by atoms with Gasteiger partial charge in [-0.25, -0.2) is 0 Å². The van der Waals surface area contributed by atoms with E-state index in [1.54, 1.807) is 38.5 Å². The SMILES string of the molecule is COc1ccc(C#Cc2ccc(O)cc2)cc1OC. The van der Waals surface area contributed by atoms with Crippen molar-refractivity contribution in [3.8, 4) is 29.1 Å². The highest BCUT2D eigenvalue weighted by Crippen LogP contribution is 2.27. The van der Waals surface area contributed by atoms with Crippen LogP contribution in [-0.2, 0) is 0 Å². The van der Waals surface area contributed by atoms with E-state index in [1.165, 1.54) is 0 Å². The van der Waals surface area contributed by atoms with Gasteiger partial charge in [0, 0.05) is 11.1 Å². The summed E-state index contributed by atoms with van der Waals surface area (Å²) in [5, 5.41) is 9.19. The van der Waals surface area contributed by atoms with Gasteiger partial charge >= 0.3 is 0 Å². The fourth-order valence-corrected chi connectivity index (χ4v) is 1.60. The monoisotopic (exact) mass is 254 g/mol. The maximum absolute atomic E-state index is 9.19. The van der Waals surface area contributed by atoms with Crippen LogP contribution in [0.25, 0.3) is 0 Å². The number of benzene rings is 2. The second kappa shape index (κ2) is 5.83. The van der Waals surface area contributed by atoms with Crippen LogP contribution in [0.5, 0.6) is 17.2 Å². The topological polar surface area (TPSA) is 38.7 Å². The van der Waals surface area contributed by atoms with Crippen LogP contribution in [0.1, 0.15) is 11.1 Å². The summed E-state index contributed by atoms with van der Waals surface area (Å²) in [6, 6.07) is 12.3. The van der Waals surface area contributed by atoms with Crippen LogP contribution in [0.3, 0.4) is 0 Å². The van der Waals surface area contributed by atoms with Crippen molar-refractivity contribution in [1.82, 2.24) is 0 Å². The minimum Gasteiger partial charge on any atom is -0.508 e. The number of hydrogen-bond donors (Lipinski definition) is 1. The Morgan fingerprint density at radius 2 is 1.37 bits per heavy atom. The average Bonchev–Trinajstić information content (AvgIpc) is 2.46. The fourth-order valence-electron chi connectivity index (χ4n) is 1.60. The fraction of sp³-hybridized carbons (Fsp3) is 0.125. The van der Waals surface area contributed by atoms with E-state index in [-0.39, 0.29) is 5.75 Å². The molecule has 0 spiro atoms. The number of hydrogen-bond acceptors (Lipinski definition) is 3. The van der Waals surface area contributed by atoms with Crippen LogP contribution < -0.4 is 9.47 Å². The van der Waals surface area contributed by atoms with E-state index in [4.69, 9.17) is 9.47 Å². The van der Waals surface area contributed by atoms with Gasteiger partial charge in [0.15, 0.2) is 11.5 Å². The van der Waals surface area contributed by atoms with E-state index in [0.29, 0.717) is 11.5 Å². The number of rotatable bonds is 2. The van der Waals surface area contributed by atoms with E-state index in [9.17, 15) is 5.11 Å². The van der Waals surface area contributed by atoms with E-state index in [2.05, 4.69) is 11.8 Å². The number of phenolic OH excluding ortho intramolecular Hbond substituents is 1. The molecular formula is C16H14O3. The molecule has 0 amide bonds. The van der Waals surface area contributed by atoms with Gasteiger partial charge in [0.05, 0.1) is 14.2 Å². The lowest BCUT2D eigenvalue weighted by Crippen LogP contribution is -1.90. The second-order valence-electron chi connectivity index (χ2n) is 3.87. The Kier molecular flexibility index (Phi) is 3.94. The molecule has 19 heavy (non-hydrogen) atoms. The van der Waals surface area contributed by atoms with Gasteiger partial charge in [-0.1, -0.05) is 11.8 Å². The Labute approximate surface area is 112 Å². The molecule has 0 aliphatic carbocycles. The molecule has 2 rings (SSSR count). The van der Waals surface area contributed by atoms with Crippen molar-refractivity contribution >= 4 is 0 Å². The quantitative estimate of drug-likeness (QED) is 0.837. The summed E-state index contributed by atoms with van der Waals surface area (Å²) in [4.78, 5) is 0. The number of aromatic hydroxyl groups is 1. The number of methoxy groups -OCH3 is 2. The van der Waals surface area contributed by atoms with E-state index in [0.717, 1.165) is 11.1 Å². The maximum atomic E-state index is 9.19. The highest BCUT2D eigenvalue weighted by molar-refractivity contribution is 5.50. The molecule has 0 fully saturated rings. The predicted octanol–water partition coefficient (Wildman–Crippen LogP) is 2.81. The summed E-state index contributed by atoms with van der Waals surface area (Å²) in [5.74, 6) is 7.62. The Morgan fingerprint density at radius 3 is 2.00 bits per heavy atom. The lowest BCUT2D eigenvalue weighted by atomic mass is 10.1. The molecule has 0 aliphatic heterocycles. The standard InChI is InChI=1S/C16H14O3/c1-18-15-10-7-13(11-16(15)19-2)4-3-12-5-8-14(17)9-6-12/h5-11,17H,1-2H3. The van der Waals surface area contributed by atoms with Crippen molar-refractivity contribution in [2.45, 2.75) is 0 Å². The molecule has 0 heterocycles. The first-order valence-electron chi connectivity index (χ1n) is 5.76. The molecule has 0 aliphatic rings. The Bertz CT molecular complexity index is 619. The van der Waals surface area contributed by atoms with Gasteiger partial charge < -0.3 is 14.6 Å². The first-order chi connectivity index (χ1) is 9.22. The third-order valence-corrected chi connectivity index (χ3v) is 2.60. The molecule has 0 unspecified atom stereocenters. The van der Waals surface area contributed by atoms with Gasteiger partial charge in [-0.05, 0) is 42.5 Å². The van der Waals surface area contributed by atoms with Crippen molar-refractivity contribution in [3.63, 3.8) is 0 Å². The average molecular weight is 254 g/mol. The van der Waals surface area contributed by atoms with Gasteiger partial charge in [-0.2, -0.15) is 0 Å². The van der Waals surface area contributed by atoms with Gasteiger partial charge in [0.1, 0.15) is 5.75 Å². The van der Waals surface area contributed by atoms with Crippen LogP contribution in [0, 0.1) is 11.8 Å². The maximum Gasteiger partial charge on any atom is 0.161 e. The third-order valence-electron chi connectivity index (χ3n) is 2.60. The first-order valence-corrected chi connectivity index (χ1v) is 5.76. The van der Waals surface area contributed by atoms with Gasteiger partial charge in [-0.15, -0.1) is 0 Å². The second-order valence-corrected chi connectivity index (χ2v) is 3.87. The minimum absolute atomic E-state index is 0.233. The lowest BCUT2D eigenvalue weighted by Gasteiger charge is -2.06. The molecule has 0 bridgehead atoms. The molecule has 0 atom stereocenters. The summed E-state index contributed by atoms with van der Waals surface area (Å²) in [5.41, 5.74) is 1.68. The number of phenols is 1. The summed E-state index contributed by atoms with van der Waals surface area (Å²) in [7, 11) is 3.19. The van der Waals surface area contributed by atoms with Gasteiger partial charge in [-0.3, -0.25) is 0 Å². The summed E-state index contributed by atoms with van der Waals surface area (Å²) in [6.45, 7) is 0. The highest BCUT2D eigenvalue weighted by atomic mass is 16.5. The Hall–Kier alpha value is -2.60. The molecule has 0 aromatic heterocycles. The molecule has 3 heteroatoms. The van der Waals surface area contributed by atoms with Crippen LogP contribution in [-0.4, -0.2) is 19.3 Å². The van der Waals surface area contributed by atoms with Crippen molar-refractivity contribution in [2.24, 2.45) is 0 Å². The van der Waals surface area contributed by atoms with Crippen molar-refractivity contribution in [2.75, 3.05) is 14.2 Å². The zero-order valence-corrected chi connectivity index (χ0v) is 10.8. The third kappa shape index (κ3) is 3.20. The van der Waals surface area contributed by atoms with E-state index >= 15 is 0 Å². The molecular weight excluding hydrogens is 240 g/mol. The Morgan fingerprint density at radius 1 is 0.789 bits per heavy atom. The molecule has 3 nitrogen and oxygen atoms in total. The molecule has 0 saturated carbocycles. The van der Waals surface area contributed by atoms with Crippen molar-refractivity contribution < 1.29 is 14.6 Å². The van der Waals surface area contributed by atoms with Gasteiger partial charge in [0.2, 0.25) is 0 Å². The first kappa shape index (κ1) is 12.8. The predicted molar refractivity (Wildman–Crippen MR) is 73.6 cm³/mol. The molecule has 96 valence electrons. The van der Waals surface area contributed by atoms with Gasteiger partial charge in [0.25, 0.3) is 0 Å². The molecule has 0 radical (unpaired) electrons. The van der Waals surface area contributed by atoms with Crippen molar-refractivity contribution in [1.29, 1.82) is 0 Å². The minimum atomic E-state index is 0.233. The van der Waals surface area contributed by atoms with Crippen LogP contribution >= 0.6 is 0 Å². The van der Waals surface area contributed by atoms with E-state index < -0.39 is 0 Å². The number of ether oxygens (including phenoxy) is 2. The zero-order valence-electron chi connectivity index (χ0n) is 10.8. The molecule has 2 aromatic rings. The molecule has 0 saturated heterocycles. The van der Waals surface area contributed by atoms with Crippen LogP contribution in [0.2, 0.25) is 0 Å². The molecule has 1 N–H and O–H groups in total. The lowest BCUT2D eigenvalue weighted by molar-refractivity contribution is 0.355. The van der Waals surface area contributed by atoms with Crippen LogP contribution in [0.4, 0.5) is 0 Å². The Balaban J connectivity index is 2.27. The summed E-state index contributed by atoms with van der Waals surface area (Å²) >= 11 is 0. The summed E-state index contributed by atoms with van der Waals surface area (Å²) in [6.07, 6.45) is 0.